The van der Waals surface area contributed by atoms with Crippen LogP contribution in [0.25, 0.3) is 10.9 Å². The summed E-state index contributed by atoms with van der Waals surface area (Å²) in [5.41, 5.74) is -3.44. The smallest absolute Gasteiger partial charge is 0.420 e. The first-order chi connectivity index (χ1) is 18.1. The number of sulfone groups is 1. The molecular formula is C24H14F7NO5S2. The minimum absolute atomic E-state index is 0.104. The zero-order valence-electron chi connectivity index (χ0n) is 19.0. The van der Waals surface area contributed by atoms with Crippen molar-refractivity contribution in [2.75, 3.05) is 5.75 Å². The molecule has 15 heteroatoms. The molecule has 0 amide bonds. The molecule has 39 heavy (non-hydrogen) atoms. The molecule has 0 unspecified atom stereocenters. The number of carboxylic acid groups (broad SMARTS) is 1. The minimum atomic E-state index is -5.33. The summed E-state index contributed by atoms with van der Waals surface area (Å²) >= 11 is 0.261. The molecule has 0 fully saturated rings. The highest BCUT2D eigenvalue weighted by atomic mass is 32.2. The molecule has 0 bridgehead atoms. The van der Waals surface area contributed by atoms with Crippen molar-refractivity contribution >= 4 is 38.5 Å². The van der Waals surface area contributed by atoms with Gasteiger partial charge >= 0.3 is 18.3 Å². The summed E-state index contributed by atoms with van der Waals surface area (Å²) in [6.45, 7) is 0. The Kier molecular flexibility index (Phi) is 7.33. The Morgan fingerprint density at radius 3 is 2.05 bits per heavy atom. The zero-order valence-corrected chi connectivity index (χ0v) is 20.7. The fourth-order valence-corrected chi connectivity index (χ4v) is 5.69. The third-order valence-corrected chi connectivity index (χ3v) is 8.05. The molecule has 0 aliphatic carbocycles. The predicted octanol–water partition coefficient (Wildman–Crippen LogP) is 7.15. The van der Waals surface area contributed by atoms with Crippen LogP contribution in [0.5, 0.6) is 11.5 Å². The third-order valence-electron chi connectivity index (χ3n) is 5.28. The van der Waals surface area contributed by atoms with Crippen LogP contribution in [0.2, 0.25) is 0 Å². The van der Waals surface area contributed by atoms with Crippen molar-refractivity contribution in [3.63, 3.8) is 0 Å². The van der Waals surface area contributed by atoms with Gasteiger partial charge in [0.05, 0.1) is 26.7 Å². The molecule has 4 aromatic rings. The maximum atomic E-state index is 13.9. The fraction of sp³-hybridized carbons (Fsp3) is 0.125. The number of H-pyrrole nitrogens is 1. The molecule has 206 valence electrons. The molecule has 0 atom stereocenters. The Morgan fingerprint density at radius 2 is 1.51 bits per heavy atom. The Balaban J connectivity index is 1.84. The number of halogens is 7. The van der Waals surface area contributed by atoms with Crippen LogP contribution in [0.15, 0.2) is 75.5 Å². The van der Waals surface area contributed by atoms with E-state index in [0.717, 1.165) is 42.6 Å². The van der Waals surface area contributed by atoms with E-state index in [1.54, 1.807) is 0 Å². The number of thioether (sulfide) groups is 1. The van der Waals surface area contributed by atoms with Gasteiger partial charge in [-0.3, -0.25) is 4.79 Å². The number of nitrogens with one attached hydrogen (secondary N) is 1. The number of aliphatic carboxylic acids is 1. The highest BCUT2D eigenvalue weighted by Crippen LogP contribution is 2.48. The Labute approximate surface area is 219 Å². The van der Waals surface area contributed by atoms with Crippen LogP contribution in [-0.2, 0) is 27.0 Å². The van der Waals surface area contributed by atoms with Crippen LogP contribution in [0.3, 0.4) is 0 Å². The van der Waals surface area contributed by atoms with Gasteiger partial charge in [0.1, 0.15) is 11.6 Å². The van der Waals surface area contributed by atoms with Crippen LogP contribution in [0, 0.1) is 5.82 Å². The average Bonchev–Trinajstić information content (AvgIpc) is 3.26. The second-order valence-corrected chi connectivity index (χ2v) is 10.9. The van der Waals surface area contributed by atoms with Crippen LogP contribution in [-0.4, -0.2) is 30.2 Å². The SMILES string of the molecule is O=C(O)CSc1cc(C(F)(F)F)c(Oc2ccc3[nH]cc(S(=O)(=O)c4ccc(F)cc4)c3c2)c(C(F)(F)F)c1. The minimum Gasteiger partial charge on any atom is -0.481 e. The molecule has 4 rings (SSSR count). The van der Waals surface area contributed by atoms with Crippen LogP contribution in [0.1, 0.15) is 11.1 Å². The lowest BCUT2D eigenvalue weighted by Gasteiger charge is -2.20. The Morgan fingerprint density at radius 1 is 0.923 bits per heavy atom. The highest BCUT2D eigenvalue weighted by molar-refractivity contribution is 8.00. The largest absolute Gasteiger partial charge is 0.481 e. The van der Waals surface area contributed by atoms with Crippen molar-refractivity contribution in [2.45, 2.75) is 27.0 Å². The lowest BCUT2D eigenvalue weighted by molar-refractivity contribution is -0.145. The number of ether oxygens (including phenoxy) is 1. The lowest BCUT2D eigenvalue weighted by Crippen LogP contribution is -2.14. The van der Waals surface area contributed by atoms with E-state index in [-0.39, 0.29) is 32.5 Å². The van der Waals surface area contributed by atoms with E-state index in [0.29, 0.717) is 12.1 Å². The number of benzene rings is 3. The average molecular weight is 593 g/mol. The first-order valence-electron chi connectivity index (χ1n) is 10.5. The maximum Gasteiger partial charge on any atom is 0.420 e. The lowest BCUT2D eigenvalue weighted by atomic mass is 10.1. The van der Waals surface area contributed by atoms with Crippen molar-refractivity contribution in [1.29, 1.82) is 0 Å². The molecule has 0 spiro atoms. The molecule has 1 heterocycles. The molecule has 0 radical (unpaired) electrons. The predicted molar refractivity (Wildman–Crippen MR) is 125 cm³/mol. The molecule has 2 N–H and O–H groups in total. The molecular weight excluding hydrogens is 579 g/mol. The van der Waals surface area contributed by atoms with E-state index in [1.807, 2.05) is 0 Å². The molecule has 6 nitrogen and oxygen atoms in total. The van der Waals surface area contributed by atoms with Gasteiger partial charge in [0.15, 0.2) is 5.75 Å². The van der Waals surface area contributed by atoms with Crippen molar-refractivity contribution in [2.24, 2.45) is 0 Å². The normalized spacial score (nSPS) is 12.6. The quantitative estimate of drug-likeness (QED) is 0.134. The molecule has 0 saturated carbocycles. The topological polar surface area (TPSA) is 96.5 Å². The molecule has 0 saturated heterocycles. The first kappa shape index (κ1) is 28.3. The standard InChI is InChI=1S/C24H14F7NO5S2/c25-12-1-4-15(5-2-12)39(35,36)20-10-32-19-6-3-13(7-16(19)20)37-22-17(23(26,27)28)8-14(38-11-21(33)34)9-18(22)24(29,30)31/h1-10,32H,11H2,(H,33,34). The summed E-state index contributed by atoms with van der Waals surface area (Å²) in [5, 5.41) is 8.66. The number of hydrogen-bond donors (Lipinski definition) is 2. The van der Waals surface area contributed by atoms with Gasteiger partial charge < -0.3 is 14.8 Å². The summed E-state index contributed by atoms with van der Waals surface area (Å²) in [7, 11) is -4.27. The van der Waals surface area contributed by atoms with E-state index in [2.05, 4.69) is 4.98 Å². The van der Waals surface area contributed by atoms with Crippen molar-refractivity contribution in [3.05, 3.63) is 77.7 Å². The summed E-state index contributed by atoms with van der Waals surface area (Å²) in [4.78, 5) is 12.2. The molecule has 1 aromatic heterocycles. The summed E-state index contributed by atoms with van der Waals surface area (Å²) in [6.07, 6.45) is -9.58. The maximum absolute atomic E-state index is 13.9. The van der Waals surface area contributed by atoms with Crippen molar-refractivity contribution in [1.82, 2.24) is 4.98 Å². The van der Waals surface area contributed by atoms with Crippen molar-refractivity contribution in [3.8, 4) is 11.5 Å². The van der Waals surface area contributed by atoms with E-state index in [1.165, 1.54) is 6.07 Å². The summed E-state index contributed by atoms with van der Waals surface area (Å²) < 4.78 is 128. The van der Waals surface area contributed by atoms with Gasteiger partial charge in [0.2, 0.25) is 9.84 Å². The Hall–Kier alpha value is -3.72. The van der Waals surface area contributed by atoms with E-state index < -0.39 is 67.3 Å². The highest BCUT2D eigenvalue weighted by Gasteiger charge is 2.43. The number of carboxylic acids is 1. The molecule has 0 aliphatic rings. The van der Waals surface area contributed by atoms with E-state index in [4.69, 9.17) is 9.84 Å². The number of alkyl halides is 6. The van der Waals surface area contributed by atoms with Crippen LogP contribution in [0.4, 0.5) is 30.7 Å². The number of aromatic nitrogens is 1. The number of rotatable bonds is 7. The second-order valence-electron chi connectivity index (χ2n) is 7.95. The number of fused-ring (bicyclic) bond motifs is 1. The Bertz CT molecular complexity index is 1630. The molecule has 3 aromatic carbocycles. The summed E-state index contributed by atoms with van der Waals surface area (Å²) in [5.74, 6) is -5.07. The number of carbonyl (C=O) groups is 1. The van der Waals surface area contributed by atoms with E-state index >= 15 is 0 Å². The monoisotopic (exact) mass is 593 g/mol. The van der Waals surface area contributed by atoms with Gasteiger partial charge in [-0.2, -0.15) is 26.3 Å². The number of hydrogen-bond acceptors (Lipinski definition) is 5. The second kappa shape index (κ2) is 10.1. The van der Waals surface area contributed by atoms with Gasteiger partial charge in [0, 0.05) is 22.0 Å². The van der Waals surface area contributed by atoms with Gasteiger partial charge in [-0.25, -0.2) is 12.8 Å². The van der Waals surface area contributed by atoms with Crippen molar-refractivity contribution < 1.29 is 53.8 Å². The van der Waals surface area contributed by atoms with E-state index in [9.17, 15) is 43.9 Å². The third kappa shape index (κ3) is 5.98. The van der Waals surface area contributed by atoms with Crippen LogP contribution >= 0.6 is 11.8 Å². The zero-order chi connectivity index (χ0) is 28.8. The van der Waals surface area contributed by atoms with Gasteiger partial charge in [-0.05, 0) is 54.6 Å². The fourth-order valence-electron chi connectivity index (χ4n) is 3.58. The summed E-state index contributed by atoms with van der Waals surface area (Å²) in [6, 6.07) is 7.70. The van der Waals surface area contributed by atoms with Crippen LogP contribution < -0.4 is 4.74 Å². The number of aromatic amines is 1. The van der Waals surface area contributed by atoms with Gasteiger partial charge in [-0.1, -0.05) is 0 Å². The first-order valence-corrected chi connectivity index (χ1v) is 13.0. The molecule has 0 aliphatic heterocycles. The van der Waals surface area contributed by atoms with Gasteiger partial charge in [-0.15, -0.1) is 11.8 Å². The van der Waals surface area contributed by atoms with Gasteiger partial charge in [0.25, 0.3) is 0 Å².